The van der Waals surface area contributed by atoms with Crippen LogP contribution in [-0.4, -0.2) is 50.6 Å². The van der Waals surface area contributed by atoms with Gasteiger partial charge in [-0.1, -0.05) is 13.8 Å². The molecule has 0 aliphatic rings. The zero-order chi connectivity index (χ0) is 12.4. The van der Waals surface area contributed by atoms with E-state index in [-0.39, 0.29) is 0 Å². The molecule has 0 aromatic rings. The minimum Gasteiger partial charge on any atom is -0.359 e. The number of rotatable bonds is 7. The molecule has 0 heterocycles. The maximum absolute atomic E-state index is 4.11. The van der Waals surface area contributed by atoms with E-state index in [1.165, 1.54) is 19.4 Å². The van der Waals surface area contributed by atoms with E-state index in [0.717, 1.165) is 19.0 Å². The van der Waals surface area contributed by atoms with Gasteiger partial charge in [-0.05, 0) is 39.4 Å². The summed E-state index contributed by atoms with van der Waals surface area (Å²) in [6.07, 6.45) is 2.41. The third-order valence-corrected chi connectivity index (χ3v) is 2.85. The largest absolute Gasteiger partial charge is 0.359 e. The number of hydrogen-bond acceptors (Lipinski definition) is 2. The number of hydrogen-bond donors (Lipinski definition) is 2. The van der Waals surface area contributed by atoms with E-state index in [1.807, 2.05) is 7.05 Å². The molecule has 2 N–H and O–H groups in total. The maximum atomic E-state index is 4.11. The molecule has 0 aromatic heterocycles. The normalized spacial score (nSPS) is 14.0. The number of nitrogens with one attached hydrogen (secondary N) is 2. The van der Waals surface area contributed by atoms with Gasteiger partial charge in [0.25, 0.3) is 0 Å². The summed E-state index contributed by atoms with van der Waals surface area (Å²) < 4.78 is 0. The van der Waals surface area contributed by atoms with E-state index in [9.17, 15) is 0 Å². The van der Waals surface area contributed by atoms with E-state index in [4.69, 9.17) is 0 Å². The highest BCUT2D eigenvalue weighted by Gasteiger charge is 2.05. The Balaban J connectivity index is 3.68. The van der Waals surface area contributed by atoms with Crippen LogP contribution in [0.3, 0.4) is 0 Å². The van der Waals surface area contributed by atoms with Crippen molar-refractivity contribution in [3.05, 3.63) is 0 Å². The highest BCUT2D eigenvalue weighted by Crippen LogP contribution is 1.99. The fourth-order valence-electron chi connectivity index (χ4n) is 1.71. The molecule has 1 unspecified atom stereocenters. The Morgan fingerprint density at radius 3 is 2.38 bits per heavy atom. The first-order valence-corrected chi connectivity index (χ1v) is 6.31. The first kappa shape index (κ1) is 15.2. The van der Waals surface area contributed by atoms with Gasteiger partial charge in [-0.3, -0.25) is 4.99 Å². The van der Waals surface area contributed by atoms with Crippen molar-refractivity contribution in [3.8, 4) is 0 Å². The lowest BCUT2D eigenvalue weighted by Gasteiger charge is -2.20. The molecule has 0 amide bonds. The van der Waals surface area contributed by atoms with Gasteiger partial charge in [0.2, 0.25) is 0 Å². The third-order valence-electron chi connectivity index (χ3n) is 2.85. The van der Waals surface area contributed by atoms with Crippen molar-refractivity contribution in [1.29, 1.82) is 0 Å². The first-order valence-electron chi connectivity index (χ1n) is 6.31. The van der Waals surface area contributed by atoms with E-state index in [1.54, 1.807) is 7.05 Å². The Bertz CT molecular complexity index is 187. The smallest absolute Gasteiger partial charge is 0.190 e. The van der Waals surface area contributed by atoms with E-state index < -0.39 is 0 Å². The maximum Gasteiger partial charge on any atom is 0.190 e. The highest BCUT2D eigenvalue weighted by atomic mass is 15.2. The Morgan fingerprint density at radius 1 is 1.31 bits per heavy atom. The predicted molar refractivity (Wildman–Crippen MR) is 72.0 cm³/mol. The SMILES string of the molecule is CCN(CC)CCCC(C)NC(=NC)NC. The van der Waals surface area contributed by atoms with Crippen molar-refractivity contribution in [1.82, 2.24) is 15.5 Å². The van der Waals surface area contributed by atoms with Crippen LogP contribution in [0.25, 0.3) is 0 Å². The predicted octanol–water partition coefficient (Wildman–Crippen LogP) is 1.29. The fourth-order valence-corrected chi connectivity index (χ4v) is 1.71. The summed E-state index contributed by atoms with van der Waals surface area (Å²) in [4.78, 5) is 6.56. The van der Waals surface area contributed by atoms with Crippen molar-refractivity contribution < 1.29 is 0 Å². The van der Waals surface area contributed by atoms with Gasteiger partial charge in [0.15, 0.2) is 5.96 Å². The molecule has 0 aliphatic heterocycles. The van der Waals surface area contributed by atoms with Crippen LogP contribution in [0.1, 0.15) is 33.6 Å². The average Bonchev–Trinajstić information content (AvgIpc) is 2.31. The third kappa shape index (κ3) is 6.67. The molecule has 0 aliphatic carbocycles. The summed E-state index contributed by atoms with van der Waals surface area (Å²) in [5, 5.41) is 6.38. The molecule has 0 aromatic carbocycles. The zero-order valence-electron chi connectivity index (χ0n) is 11.5. The average molecular weight is 228 g/mol. The molecule has 0 spiro atoms. The Labute approximate surface area is 101 Å². The number of aliphatic imine (C=N–C) groups is 1. The monoisotopic (exact) mass is 228 g/mol. The van der Waals surface area contributed by atoms with Crippen LogP contribution in [0.2, 0.25) is 0 Å². The van der Waals surface area contributed by atoms with E-state index in [2.05, 4.69) is 41.3 Å². The lowest BCUT2D eigenvalue weighted by Crippen LogP contribution is -2.40. The Hall–Kier alpha value is -0.770. The minimum absolute atomic E-state index is 0.474. The molecule has 0 fully saturated rings. The second-order valence-electron chi connectivity index (χ2n) is 4.04. The van der Waals surface area contributed by atoms with Gasteiger partial charge in [0.05, 0.1) is 0 Å². The Kier molecular flexibility index (Phi) is 9.00. The Morgan fingerprint density at radius 2 is 1.94 bits per heavy atom. The van der Waals surface area contributed by atoms with Crippen LogP contribution in [0.5, 0.6) is 0 Å². The van der Waals surface area contributed by atoms with Crippen molar-refractivity contribution in [2.24, 2.45) is 4.99 Å². The molecule has 4 heteroatoms. The molecule has 0 radical (unpaired) electrons. The molecule has 96 valence electrons. The summed E-state index contributed by atoms with van der Waals surface area (Å²) >= 11 is 0. The molecule has 1 atom stereocenters. The summed E-state index contributed by atoms with van der Waals surface area (Å²) in [6, 6.07) is 0.474. The van der Waals surface area contributed by atoms with Gasteiger partial charge in [-0.15, -0.1) is 0 Å². The molecule has 0 saturated heterocycles. The van der Waals surface area contributed by atoms with Gasteiger partial charge < -0.3 is 15.5 Å². The van der Waals surface area contributed by atoms with Crippen LogP contribution in [0, 0.1) is 0 Å². The van der Waals surface area contributed by atoms with Crippen LogP contribution in [0.4, 0.5) is 0 Å². The van der Waals surface area contributed by atoms with Gasteiger partial charge in [-0.25, -0.2) is 0 Å². The lowest BCUT2D eigenvalue weighted by molar-refractivity contribution is 0.292. The van der Waals surface area contributed by atoms with E-state index >= 15 is 0 Å². The van der Waals surface area contributed by atoms with Crippen LogP contribution in [0.15, 0.2) is 4.99 Å². The van der Waals surface area contributed by atoms with Gasteiger partial charge in [-0.2, -0.15) is 0 Å². The van der Waals surface area contributed by atoms with Crippen LogP contribution in [-0.2, 0) is 0 Å². The molecular weight excluding hydrogens is 200 g/mol. The fraction of sp³-hybridized carbons (Fsp3) is 0.917. The summed E-state index contributed by atoms with van der Waals surface area (Å²) in [5.41, 5.74) is 0. The number of nitrogens with zero attached hydrogens (tertiary/aromatic N) is 2. The van der Waals surface area contributed by atoms with Crippen LogP contribution < -0.4 is 10.6 Å². The summed E-state index contributed by atoms with van der Waals surface area (Å²) in [7, 11) is 3.68. The van der Waals surface area contributed by atoms with Crippen molar-refractivity contribution in [2.75, 3.05) is 33.7 Å². The first-order chi connectivity index (χ1) is 7.67. The summed E-state index contributed by atoms with van der Waals surface area (Å²) in [5.74, 6) is 0.871. The van der Waals surface area contributed by atoms with E-state index in [0.29, 0.717) is 6.04 Å². The molecule has 0 saturated carbocycles. The lowest BCUT2D eigenvalue weighted by atomic mass is 10.2. The quantitative estimate of drug-likeness (QED) is 0.509. The molecule has 16 heavy (non-hydrogen) atoms. The van der Waals surface area contributed by atoms with Crippen molar-refractivity contribution in [2.45, 2.75) is 39.7 Å². The minimum atomic E-state index is 0.474. The van der Waals surface area contributed by atoms with Crippen molar-refractivity contribution >= 4 is 5.96 Å². The molecule has 4 nitrogen and oxygen atoms in total. The standard InChI is InChI=1S/C12H28N4/c1-6-16(7-2)10-8-9-11(3)15-12(13-4)14-5/h11H,6-10H2,1-5H3,(H2,13,14,15). The van der Waals surface area contributed by atoms with Crippen molar-refractivity contribution in [3.63, 3.8) is 0 Å². The summed E-state index contributed by atoms with van der Waals surface area (Å²) in [6.45, 7) is 10.1. The highest BCUT2D eigenvalue weighted by molar-refractivity contribution is 5.79. The topological polar surface area (TPSA) is 39.7 Å². The van der Waals surface area contributed by atoms with Gasteiger partial charge >= 0.3 is 0 Å². The van der Waals surface area contributed by atoms with Gasteiger partial charge in [0.1, 0.15) is 0 Å². The second kappa shape index (κ2) is 9.46. The molecule has 0 bridgehead atoms. The van der Waals surface area contributed by atoms with Gasteiger partial charge in [0, 0.05) is 20.1 Å². The second-order valence-corrected chi connectivity index (χ2v) is 4.04. The molecule has 0 rings (SSSR count). The number of guanidine groups is 1. The van der Waals surface area contributed by atoms with Crippen LogP contribution >= 0.6 is 0 Å². The molecular formula is C12H28N4. The zero-order valence-corrected chi connectivity index (χ0v) is 11.5.